The van der Waals surface area contributed by atoms with Crippen LogP contribution in [0.2, 0.25) is 0 Å². The molecule has 7 nitrogen and oxygen atoms in total. The summed E-state index contributed by atoms with van der Waals surface area (Å²) in [4.78, 5) is 37.1. The van der Waals surface area contributed by atoms with Crippen molar-refractivity contribution in [3.8, 4) is 0 Å². The minimum Gasteiger partial charge on any atom is -0.318 e. The number of halogens is 1. The van der Waals surface area contributed by atoms with Crippen LogP contribution in [0.4, 0.5) is 5.69 Å². The van der Waals surface area contributed by atoms with E-state index in [1.165, 1.54) is 12.1 Å². The molecular weight excluding hydrogens is 366 g/mol. The summed E-state index contributed by atoms with van der Waals surface area (Å²) >= 11 is 3.28. The zero-order chi connectivity index (χ0) is 16.7. The van der Waals surface area contributed by atoms with Gasteiger partial charge in [0.2, 0.25) is 0 Å². The van der Waals surface area contributed by atoms with E-state index in [0.717, 1.165) is 4.90 Å². The number of benzene rings is 2. The van der Waals surface area contributed by atoms with Crippen molar-refractivity contribution in [2.45, 2.75) is 0 Å². The number of nitro benzene ring substituents is 1. The van der Waals surface area contributed by atoms with Gasteiger partial charge in [-0.3, -0.25) is 24.6 Å². The minimum atomic E-state index is -0.518. The number of rotatable bonds is 4. The second-order valence-electron chi connectivity index (χ2n) is 5.10. The van der Waals surface area contributed by atoms with Crippen LogP contribution < -0.4 is 5.32 Å². The molecule has 0 atom stereocenters. The van der Waals surface area contributed by atoms with E-state index in [1.807, 2.05) is 0 Å². The fourth-order valence-corrected chi connectivity index (χ4v) is 3.29. The van der Waals surface area contributed by atoms with E-state index in [0.29, 0.717) is 27.5 Å². The van der Waals surface area contributed by atoms with Crippen LogP contribution in [0.1, 0.15) is 20.7 Å². The van der Waals surface area contributed by atoms with E-state index in [9.17, 15) is 19.7 Å². The Hall–Kier alpha value is -2.32. The normalized spacial score (nSPS) is 13.7. The van der Waals surface area contributed by atoms with Gasteiger partial charge in [0, 0.05) is 40.1 Å². The van der Waals surface area contributed by atoms with Crippen LogP contribution in [0.3, 0.4) is 0 Å². The number of nitro groups is 1. The first kappa shape index (κ1) is 15.6. The molecule has 0 unspecified atom stereocenters. The van der Waals surface area contributed by atoms with Gasteiger partial charge in [0.15, 0.2) is 0 Å². The molecule has 2 aromatic rings. The maximum atomic E-state index is 12.6. The van der Waals surface area contributed by atoms with Gasteiger partial charge in [0.25, 0.3) is 17.5 Å². The summed E-state index contributed by atoms with van der Waals surface area (Å²) in [5.74, 6) is -0.869. The van der Waals surface area contributed by atoms with Crippen molar-refractivity contribution in [2.24, 2.45) is 0 Å². The van der Waals surface area contributed by atoms with Crippen LogP contribution in [-0.4, -0.2) is 41.8 Å². The first-order valence-corrected chi connectivity index (χ1v) is 7.67. The molecule has 1 aliphatic heterocycles. The van der Waals surface area contributed by atoms with Gasteiger partial charge in [-0.05, 0) is 41.2 Å². The molecule has 0 saturated carbocycles. The highest BCUT2D eigenvalue weighted by Crippen LogP contribution is 2.39. The highest BCUT2D eigenvalue weighted by Gasteiger charge is 2.35. The Balaban J connectivity index is 2.31. The number of non-ortho nitro benzene ring substituents is 1. The van der Waals surface area contributed by atoms with Gasteiger partial charge in [-0.1, -0.05) is 0 Å². The monoisotopic (exact) mass is 377 g/mol. The quantitative estimate of drug-likeness (QED) is 0.501. The van der Waals surface area contributed by atoms with Crippen molar-refractivity contribution in [2.75, 3.05) is 20.1 Å². The zero-order valence-electron chi connectivity index (χ0n) is 12.1. The van der Waals surface area contributed by atoms with Gasteiger partial charge in [-0.25, -0.2) is 0 Å². The van der Waals surface area contributed by atoms with Gasteiger partial charge in [-0.2, -0.15) is 0 Å². The molecule has 0 spiro atoms. The Kier molecular flexibility index (Phi) is 3.87. The highest BCUT2D eigenvalue weighted by atomic mass is 79.9. The summed E-state index contributed by atoms with van der Waals surface area (Å²) in [5.41, 5.74) is 0.469. The Morgan fingerprint density at radius 3 is 2.30 bits per heavy atom. The number of imide groups is 1. The standard InChI is InChI=1S/C15H12BrN3O4/c1-17-6-7-18-14(20)8-2-4-10(16)13-11(19(22)23)5-3-9(12(8)13)15(18)21/h2-5,17H,6-7H2,1H3. The predicted octanol–water partition coefficient (Wildman–Crippen LogP) is 2.33. The number of hydrogen-bond acceptors (Lipinski definition) is 5. The van der Waals surface area contributed by atoms with E-state index >= 15 is 0 Å². The van der Waals surface area contributed by atoms with Gasteiger partial charge in [0.1, 0.15) is 0 Å². The Labute approximate surface area is 139 Å². The molecule has 118 valence electrons. The first-order valence-electron chi connectivity index (χ1n) is 6.87. The number of carbonyl (C=O) groups is 2. The molecular formula is C15H12BrN3O4. The smallest absolute Gasteiger partial charge is 0.278 e. The van der Waals surface area contributed by atoms with Crippen LogP contribution in [-0.2, 0) is 0 Å². The largest absolute Gasteiger partial charge is 0.318 e. The van der Waals surface area contributed by atoms with Gasteiger partial charge in [0.05, 0.1) is 10.3 Å². The van der Waals surface area contributed by atoms with E-state index in [1.54, 1.807) is 19.2 Å². The third kappa shape index (κ3) is 2.30. The lowest BCUT2D eigenvalue weighted by molar-refractivity contribution is -0.383. The lowest BCUT2D eigenvalue weighted by Crippen LogP contribution is -2.43. The molecule has 0 aromatic heterocycles. The van der Waals surface area contributed by atoms with Crippen molar-refractivity contribution in [1.29, 1.82) is 0 Å². The van der Waals surface area contributed by atoms with Crippen molar-refractivity contribution in [3.05, 3.63) is 50.0 Å². The van der Waals surface area contributed by atoms with Gasteiger partial charge < -0.3 is 5.32 Å². The molecule has 1 heterocycles. The SMILES string of the molecule is CNCCN1C(=O)c2ccc(Br)c3c([N+](=O)[O-])ccc(c23)C1=O. The van der Waals surface area contributed by atoms with Crippen LogP contribution in [0.15, 0.2) is 28.7 Å². The van der Waals surface area contributed by atoms with Crippen molar-refractivity contribution < 1.29 is 14.5 Å². The Bertz CT molecular complexity index is 843. The van der Waals surface area contributed by atoms with E-state index < -0.39 is 16.7 Å². The van der Waals surface area contributed by atoms with E-state index in [4.69, 9.17) is 0 Å². The summed E-state index contributed by atoms with van der Waals surface area (Å²) in [7, 11) is 1.73. The van der Waals surface area contributed by atoms with Crippen LogP contribution in [0, 0.1) is 10.1 Å². The molecule has 0 fully saturated rings. The van der Waals surface area contributed by atoms with Crippen molar-refractivity contribution in [3.63, 3.8) is 0 Å². The molecule has 23 heavy (non-hydrogen) atoms. The molecule has 1 aliphatic rings. The fourth-order valence-electron chi connectivity index (χ4n) is 2.75. The van der Waals surface area contributed by atoms with E-state index in [2.05, 4.69) is 21.2 Å². The molecule has 3 rings (SSSR count). The lowest BCUT2D eigenvalue weighted by Gasteiger charge is -2.27. The average molecular weight is 378 g/mol. The van der Waals surface area contributed by atoms with Crippen LogP contribution in [0.25, 0.3) is 10.8 Å². The Morgan fingerprint density at radius 1 is 1.13 bits per heavy atom. The number of nitrogens with zero attached hydrogens (tertiary/aromatic N) is 2. The van der Waals surface area contributed by atoms with Gasteiger partial charge >= 0.3 is 0 Å². The summed E-state index contributed by atoms with van der Waals surface area (Å²) in [6.45, 7) is 0.710. The van der Waals surface area contributed by atoms with Crippen molar-refractivity contribution >= 4 is 44.2 Å². The molecule has 1 N–H and O–H groups in total. The summed E-state index contributed by atoms with van der Waals surface area (Å²) < 4.78 is 0.481. The number of likely N-dealkylation sites (N-methyl/N-ethyl adjacent to an activating group) is 1. The van der Waals surface area contributed by atoms with Gasteiger partial charge in [-0.15, -0.1) is 0 Å². The lowest BCUT2D eigenvalue weighted by atomic mass is 9.93. The fraction of sp³-hybridized carbons (Fsp3) is 0.200. The van der Waals surface area contributed by atoms with Crippen molar-refractivity contribution in [1.82, 2.24) is 10.2 Å². The zero-order valence-corrected chi connectivity index (χ0v) is 13.7. The van der Waals surface area contributed by atoms with Crippen LogP contribution in [0.5, 0.6) is 0 Å². The highest BCUT2D eigenvalue weighted by molar-refractivity contribution is 9.10. The average Bonchev–Trinajstić information content (AvgIpc) is 2.53. The molecule has 0 aliphatic carbocycles. The molecule has 8 heteroatoms. The molecule has 0 saturated heterocycles. The summed E-state index contributed by atoms with van der Waals surface area (Å²) in [6.07, 6.45) is 0. The molecule has 0 bridgehead atoms. The minimum absolute atomic E-state index is 0.137. The number of nitrogens with one attached hydrogen (secondary N) is 1. The number of carbonyl (C=O) groups excluding carboxylic acids is 2. The molecule has 2 amide bonds. The second-order valence-corrected chi connectivity index (χ2v) is 5.95. The number of hydrogen-bond donors (Lipinski definition) is 1. The molecule has 2 aromatic carbocycles. The second kappa shape index (κ2) is 5.71. The van der Waals surface area contributed by atoms with Crippen LogP contribution >= 0.6 is 15.9 Å². The first-order chi connectivity index (χ1) is 11.0. The molecule has 0 radical (unpaired) electrons. The Morgan fingerprint density at radius 2 is 1.74 bits per heavy atom. The topological polar surface area (TPSA) is 92.6 Å². The maximum Gasteiger partial charge on any atom is 0.278 e. The summed E-state index contributed by atoms with van der Waals surface area (Å²) in [5, 5.41) is 14.8. The summed E-state index contributed by atoms with van der Waals surface area (Å²) in [6, 6.07) is 5.90. The van der Waals surface area contributed by atoms with E-state index in [-0.39, 0.29) is 17.6 Å². The predicted molar refractivity (Wildman–Crippen MR) is 87.6 cm³/mol. The third-order valence-electron chi connectivity index (χ3n) is 3.82. The number of amides is 2. The third-order valence-corrected chi connectivity index (χ3v) is 4.48. The maximum absolute atomic E-state index is 12.6.